The fourth-order valence-corrected chi connectivity index (χ4v) is 1.92. The van der Waals surface area contributed by atoms with Crippen molar-refractivity contribution in [1.29, 1.82) is 0 Å². The third kappa shape index (κ3) is 5.37. The summed E-state index contributed by atoms with van der Waals surface area (Å²) in [6.45, 7) is 0. The van der Waals surface area contributed by atoms with Crippen molar-refractivity contribution in [2.45, 2.75) is 24.8 Å². The lowest BCUT2D eigenvalue weighted by Gasteiger charge is -2.16. The van der Waals surface area contributed by atoms with Crippen molar-refractivity contribution in [1.82, 2.24) is 5.32 Å². The molecule has 0 radical (unpaired) electrons. The number of rotatable bonds is 7. The summed E-state index contributed by atoms with van der Waals surface area (Å²) >= 11 is 5.68. The normalized spacial score (nSPS) is 11.4. The molecule has 1 atom stereocenters. The van der Waals surface area contributed by atoms with Crippen LogP contribution in [0.15, 0.2) is 24.3 Å². The van der Waals surface area contributed by atoms with Crippen LogP contribution in [0.4, 0.5) is 0 Å². The molecule has 0 saturated carbocycles. The lowest BCUT2D eigenvalue weighted by Crippen LogP contribution is -2.41. The Bertz CT molecular complexity index is 529. The number of carbonyl (C=O) groups is 3. The van der Waals surface area contributed by atoms with Gasteiger partial charge in [-0.3, -0.25) is 9.59 Å². The van der Waals surface area contributed by atoms with Crippen LogP contribution in [0.1, 0.15) is 28.8 Å². The van der Waals surface area contributed by atoms with E-state index in [1.165, 1.54) is 14.2 Å². The average Bonchev–Trinajstić information content (AvgIpc) is 2.57. The molecule has 6 nitrogen and oxygen atoms in total. The maximum absolute atomic E-state index is 12.1. The number of hydrogen-bond donors (Lipinski definition) is 1. The molecule has 0 aromatic heterocycles. The first kappa shape index (κ1) is 18.0. The summed E-state index contributed by atoms with van der Waals surface area (Å²) in [5.74, 6) is -1.16. The van der Waals surface area contributed by atoms with Crippen molar-refractivity contribution in [2.24, 2.45) is 0 Å². The number of esters is 2. The van der Waals surface area contributed by atoms with E-state index in [1.54, 1.807) is 24.3 Å². The number of amides is 1. The first-order valence-electron chi connectivity index (χ1n) is 6.62. The van der Waals surface area contributed by atoms with Crippen LogP contribution < -0.4 is 5.32 Å². The summed E-state index contributed by atoms with van der Waals surface area (Å²) in [6, 6.07) is 5.76. The highest BCUT2D eigenvalue weighted by molar-refractivity contribution is 6.17. The van der Waals surface area contributed by atoms with Crippen LogP contribution in [0.2, 0.25) is 0 Å². The Kier molecular flexibility index (Phi) is 7.39. The quantitative estimate of drug-likeness (QED) is 0.608. The third-order valence-corrected chi connectivity index (χ3v) is 3.33. The highest BCUT2D eigenvalue weighted by Crippen LogP contribution is 2.08. The van der Waals surface area contributed by atoms with E-state index in [-0.39, 0.29) is 12.8 Å². The summed E-state index contributed by atoms with van der Waals surface area (Å²) in [6.07, 6.45) is 0.104. The molecule has 0 spiro atoms. The van der Waals surface area contributed by atoms with Gasteiger partial charge in [0.15, 0.2) is 0 Å². The van der Waals surface area contributed by atoms with Gasteiger partial charge >= 0.3 is 11.9 Å². The molecule has 0 bridgehead atoms. The maximum atomic E-state index is 12.1. The number of halogens is 1. The van der Waals surface area contributed by atoms with E-state index in [0.717, 1.165) is 5.56 Å². The first-order chi connectivity index (χ1) is 10.5. The molecule has 0 saturated heterocycles. The molecule has 120 valence electrons. The van der Waals surface area contributed by atoms with Gasteiger partial charge in [-0.05, 0) is 24.1 Å². The Balaban J connectivity index is 2.72. The first-order valence-corrected chi connectivity index (χ1v) is 7.15. The Hall–Kier alpha value is -2.08. The number of carbonyl (C=O) groups excluding carboxylic acids is 3. The molecular formula is C15H18ClNO5. The van der Waals surface area contributed by atoms with Gasteiger partial charge in [-0.2, -0.15) is 0 Å². The lowest BCUT2D eigenvalue weighted by molar-refractivity contribution is -0.144. The topological polar surface area (TPSA) is 81.7 Å². The maximum Gasteiger partial charge on any atom is 0.328 e. The smallest absolute Gasteiger partial charge is 0.328 e. The minimum absolute atomic E-state index is 0.00172. The molecule has 1 aromatic carbocycles. The minimum atomic E-state index is -0.913. The second-order valence-electron chi connectivity index (χ2n) is 4.49. The van der Waals surface area contributed by atoms with Crippen molar-refractivity contribution >= 4 is 29.4 Å². The van der Waals surface area contributed by atoms with Gasteiger partial charge < -0.3 is 14.8 Å². The van der Waals surface area contributed by atoms with E-state index in [4.69, 9.17) is 11.6 Å². The number of alkyl halides is 1. The van der Waals surface area contributed by atoms with Crippen LogP contribution >= 0.6 is 11.6 Å². The summed E-state index contributed by atoms with van der Waals surface area (Å²) in [5.41, 5.74) is 1.27. The monoisotopic (exact) mass is 327 g/mol. The molecule has 1 N–H and O–H groups in total. The third-order valence-electron chi connectivity index (χ3n) is 3.03. The predicted octanol–water partition coefficient (Wildman–Crippen LogP) is 1.65. The summed E-state index contributed by atoms with van der Waals surface area (Å²) < 4.78 is 9.14. The molecule has 0 fully saturated rings. The molecular weight excluding hydrogens is 310 g/mol. The van der Waals surface area contributed by atoms with Crippen LogP contribution in [-0.2, 0) is 24.9 Å². The largest absolute Gasteiger partial charge is 0.469 e. The second-order valence-corrected chi connectivity index (χ2v) is 4.76. The molecule has 0 aliphatic carbocycles. The summed E-state index contributed by atoms with van der Waals surface area (Å²) in [7, 11) is 2.47. The molecule has 7 heteroatoms. The molecule has 1 amide bonds. The molecule has 1 rings (SSSR count). The SMILES string of the molecule is COC(=O)CC[C@@H](NC(=O)c1ccc(CCl)cc1)C(=O)OC. The molecule has 0 aliphatic rings. The molecule has 0 aliphatic heterocycles. The molecule has 0 heterocycles. The van der Waals surface area contributed by atoms with Crippen LogP contribution in [0.25, 0.3) is 0 Å². The van der Waals surface area contributed by atoms with Crippen LogP contribution in [0.5, 0.6) is 0 Å². The second kappa shape index (κ2) is 9.04. The standard InChI is InChI=1S/C15H18ClNO5/c1-21-13(18)8-7-12(15(20)22-2)17-14(19)11-5-3-10(9-16)4-6-11/h3-6,12H,7-9H2,1-2H3,(H,17,19)/t12-/m1/s1. The molecule has 1 aromatic rings. The van der Waals surface area contributed by atoms with E-state index in [0.29, 0.717) is 11.4 Å². The number of nitrogens with one attached hydrogen (secondary N) is 1. The van der Waals surface area contributed by atoms with E-state index in [1.807, 2.05) is 0 Å². The zero-order valence-corrected chi connectivity index (χ0v) is 13.2. The van der Waals surface area contributed by atoms with Gasteiger partial charge in [0, 0.05) is 17.9 Å². The van der Waals surface area contributed by atoms with Crippen molar-refractivity contribution in [2.75, 3.05) is 14.2 Å². The molecule has 0 unspecified atom stereocenters. The summed E-state index contributed by atoms with van der Waals surface area (Å²) in [4.78, 5) is 34.9. The zero-order chi connectivity index (χ0) is 16.5. The minimum Gasteiger partial charge on any atom is -0.469 e. The average molecular weight is 328 g/mol. The van der Waals surface area contributed by atoms with Crippen LogP contribution in [0.3, 0.4) is 0 Å². The van der Waals surface area contributed by atoms with Gasteiger partial charge in [0.1, 0.15) is 6.04 Å². The fourth-order valence-electron chi connectivity index (χ4n) is 1.74. The van der Waals surface area contributed by atoms with Crippen LogP contribution in [0, 0.1) is 0 Å². The van der Waals surface area contributed by atoms with E-state index >= 15 is 0 Å². The van der Waals surface area contributed by atoms with Crippen molar-refractivity contribution < 1.29 is 23.9 Å². The van der Waals surface area contributed by atoms with Gasteiger partial charge in [-0.1, -0.05) is 12.1 Å². The van der Waals surface area contributed by atoms with Crippen molar-refractivity contribution in [3.63, 3.8) is 0 Å². The Morgan fingerprint density at radius 3 is 2.27 bits per heavy atom. The number of hydrogen-bond acceptors (Lipinski definition) is 5. The zero-order valence-electron chi connectivity index (χ0n) is 12.4. The van der Waals surface area contributed by atoms with Gasteiger partial charge in [-0.25, -0.2) is 4.79 Å². The Morgan fingerprint density at radius 1 is 1.14 bits per heavy atom. The number of ether oxygens (including phenoxy) is 2. The van der Waals surface area contributed by atoms with E-state index in [2.05, 4.69) is 14.8 Å². The number of benzene rings is 1. The van der Waals surface area contributed by atoms with Gasteiger partial charge in [0.25, 0.3) is 5.91 Å². The predicted molar refractivity (Wildman–Crippen MR) is 80.5 cm³/mol. The van der Waals surface area contributed by atoms with Crippen molar-refractivity contribution in [3.05, 3.63) is 35.4 Å². The Labute approximate surface area is 133 Å². The van der Waals surface area contributed by atoms with Gasteiger partial charge in [0.2, 0.25) is 0 Å². The summed E-state index contributed by atoms with van der Waals surface area (Å²) in [5, 5.41) is 2.55. The van der Waals surface area contributed by atoms with E-state index < -0.39 is 23.9 Å². The highest BCUT2D eigenvalue weighted by Gasteiger charge is 2.23. The molecule has 22 heavy (non-hydrogen) atoms. The lowest BCUT2D eigenvalue weighted by atomic mass is 10.1. The van der Waals surface area contributed by atoms with Crippen molar-refractivity contribution in [3.8, 4) is 0 Å². The number of methoxy groups -OCH3 is 2. The fraction of sp³-hybridized carbons (Fsp3) is 0.400. The van der Waals surface area contributed by atoms with E-state index in [9.17, 15) is 14.4 Å². The Morgan fingerprint density at radius 2 is 1.77 bits per heavy atom. The van der Waals surface area contributed by atoms with Gasteiger partial charge in [-0.15, -0.1) is 11.6 Å². The highest BCUT2D eigenvalue weighted by atomic mass is 35.5. The van der Waals surface area contributed by atoms with Crippen LogP contribution in [-0.4, -0.2) is 38.1 Å². The van der Waals surface area contributed by atoms with Gasteiger partial charge in [0.05, 0.1) is 14.2 Å².